The van der Waals surface area contributed by atoms with E-state index in [0.717, 1.165) is 51.8 Å². The second-order valence-electron chi connectivity index (χ2n) is 8.33. The SMILES string of the molecule is O=C1CCCC2=C1C(c1ccc(-c3ccc([N+](=O)[O-])cc3)o1)c1ccc3ncccc3c1N2. The number of pyridine rings is 1. The van der Waals surface area contributed by atoms with Crippen LogP contribution < -0.4 is 5.32 Å². The Morgan fingerprint density at radius 2 is 1.88 bits per heavy atom. The van der Waals surface area contributed by atoms with Crippen LogP contribution in [-0.4, -0.2) is 15.7 Å². The molecule has 0 radical (unpaired) electrons. The van der Waals surface area contributed by atoms with Crippen molar-refractivity contribution in [2.45, 2.75) is 25.2 Å². The van der Waals surface area contributed by atoms with Crippen molar-refractivity contribution < 1.29 is 14.1 Å². The second-order valence-corrected chi connectivity index (χ2v) is 8.33. The number of nitrogens with one attached hydrogen (secondary N) is 1. The first-order valence-corrected chi connectivity index (χ1v) is 10.9. The number of non-ortho nitro benzene ring substituents is 1. The lowest BCUT2D eigenvalue weighted by atomic mass is 9.77. The minimum atomic E-state index is -0.425. The van der Waals surface area contributed by atoms with Crippen molar-refractivity contribution in [3.63, 3.8) is 0 Å². The summed E-state index contributed by atoms with van der Waals surface area (Å²) in [6.07, 6.45) is 3.93. The molecular weight excluding hydrogens is 418 g/mol. The molecule has 2 aliphatic rings. The van der Waals surface area contributed by atoms with Gasteiger partial charge in [0.1, 0.15) is 11.5 Å². The van der Waals surface area contributed by atoms with Crippen LogP contribution in [0.5, 0.6) is 0 Å². The summed E-state index contributed by atoms with van der Waals surface area (Å²) in [5, 5.41) is 15.5. The molecular formula is C26H19N3O4. The summed E-state index contributed by atoms with van der Waals surface area (Å²) in [5.74, 6) is 1.10. The Balaban J connectivity index is 1.50. The lowest BCUT2D eigenvalue weighted by molar-refractivity contribution is -0.384. The van der Waals surface area contributed by atoms with E-state index in [0.29, 0.717) is 17.9 Å². The zero-order valence-electron chi connectivity index (χ0n) is 17.6. The summed E-state index contributed by atoms with van der Waals surface area (Å²) in [6.45, 7) is 0. The molecule has 0 amide bonds. The maximum atomic E-state index is 13.0. The summed E-state index contributed by atoms with van der Waals surface area (Å²) in [6, 6.07) is 18.0. The average molecular weight is 437 g/mol. The van der Waals surface area contributed by atoms with Gasteiger partial charge >= 0.3 is 0 Å². The van der Waals surface area contributed by atoms with Gasteiger partial charge < -0.3 is 9.73 Å². The molecule has 1 unspecified atom stereocenters. The van der Waals surface area contributed by atoms with E-state index in [1.165, 1.54) is 12.1 Å². The van der Waals surface area contributed by atoms with Gasteiger partial charge in [-0.1, -0.05) is 6.07 Å². The third-order valence-corrected chi connectivity index (χ3v) is 6.42. The lowest BCUT2D eigenvalue weighted by Crippen LogP contribution is -2.26. The average Bonchev–Trinajstić information content (AvgIpc) is 3.33. The number of rotatable bonds is 3. The highest BCUT2D eigenvalue weighted by Gasteiger charge is 2.37. The summed E-state index contributed by atoms with van der Waals surface area (Å²) in [5.41, 5.74) is 5.32. The van der Waals surface area contributed by atoms with Crippen LogP contribution in [0.15, 0.2) is 82.5 Å². The van der Waals surface area contributed by atoms with E-state index in [4.69, 9.17) is 4.42 Å². The number of hydrogen-bond donors (Lipinski definition) is 1. The molecule has 0 saturated heterocycles. The summed E-state index contributed by atoms with van der Waals surface area (Å²) < 4.78 is 6.28. The van der Waals surface area contributed by atoms with E-state index in [1.807, 2.05) is 36.4 Å². The Morgan fingerprint density at radius 1 is 1.03 bits per heavy atom. The first-order valence-electron chi connectivity index (χ1n) is 10.9. The number of allylic oxidation sites excluding steroid dienone is 2. The van der Waals surface area contributed by atoms with Gasteiger partial charge in [-0.15, -0.1) is 0 Å². The molecule has 162 valence electrons. The van der Waals surface area contributed by atoms with Gasteiger partial charge in [0.05, 0.1) is 22.0 Å². The molecule has 33 heavy (non-hydrogen) atoms. The molecule has 0 fully saturated rings. The van der Waals surface area contributed by atoms with E-state index >= 15 is 0 Å². The lowest BCUT2D eigenvalue weighted by Gasteiger charge is -2.33. The smallest absolute Gasteiger partial charge is 0.269 e. The summed E-state index contributed by atoms with van der Waals surface area (Å²) in [4.78, 5) is 28.1. The highest BCUT2D eigenvalue weighted by molar-refractivity contribution is 6.04. The van der Waals surface area contributed by atoms with Crippen LogP contribution in [0, 0.1) is 10.1 Å². The van der Waals surface area contributed by atoms with Gasteiger partial charge in [0, 0.05) is 47.0 Å². The summed E-state index contributed by atoms with van der Waals surface area (Å²) >= 11 is 0. The number of hydrogen-bond acceptors (Lipinski definition) is 6. The standard InChI is InChI=1S/C26H19N3O4/c30-21-5-1-4-20-25(21)24(18-10-11-19-17(26(18)28-20)3-2-14-27-19)23-13-12-22(33-23)15-6-8-16(9-7-15)29(31)32/h2-3,6-14,24,28H,1,4-5H2. The minimum Gasteiger partial charge on any atom is -0.460 e. The van der Waals surface area contributed by atoms with Crippen molar-refractivity contribution in [3.8, 4) is 11.3 Å². The van der Waals surface area contributed by atoms with Crippen molar-refractivity contribution in [1.82, 2.24) is 4.98 Å². The molecule has 1 aliphatic heterocycles. The number of Topliss-reactive ketones (excluding diaryl/α,β-unsaturated/α-hetero) is 1. The predicted molar refractivity (Wildman–Crippen MR) is 124 cm³/mol. The van der Waals surface area contributed by atoms with Crippen LogP contribution in [0.2, 0.25) is 0 Å². The Kier molecular flexibility index (Phi) is 4.36. The van der Waals surface area contributed by atoms with Gasteiger partial charge in [-0.25, -0.2) is 0 Å². The fraction of sp³-hybridized carbons (Fsp3) is 0.154. The third-order valence-electron chi connectivity index (χ3n) is 6.42. The molecule has 0 spiro atoms. The molecule has 3 heterocycles. The molecule has 2 aromatic heterocycles. The maximum absolute atomic E-state index is 13.0. The quantitative estimate of drug-likeness (QED) is 0.313. The van der Waals surface area contributed by atoms with E-state index in [9.17, 15) is 14.9 Å². The predicted octanol–water partition coefficient (Wildman–Crippen LogP) is 5.97. The largest absolute Gasteiger partial charge is 0.460 e. The van der Waals surface area contributed by atoms with Gasteiger partial charge in [0.15, 0.2) is 5.78 Å². The fourth-order valence-corrected chi connectivity index (χ4v) is 4.89. The molecule has 0 bridgehead atoms. The van der Waals surface area contributed by atoms with Gasteiger partial charge in [0.25, 0.3) is 5.69 Å². The van der Waals surface area contributed by atoms with Gasteiger partial charge in [-0.05, 0) is 60.9 Å². The Hall–Kier alpha value is -4.26. The van der Waals surface area contributed by atoms with Crippen molar-refractivity contribution in [2.75, 3.05) is 5.32 Å². The number of nitrogens with zero attached hydrogens (tertiary/aromatic N) is 2. The number of aromatic nitrogens is 1. The van der Waals surface area contributed by atoms with Crippen LogP contribution >= 0.6 is 0 Å². The van der Waals surface area contributed by atoms with E-state index in [2.05, 4.69) is 10.3 Å². The Bertz CT molecular complexity index is 1470. The molecule has 1 N–H and O–H groups in total. The van der Waals surface area contributed by atoms with Crippen molar-refractivity contribution in [3.05, 3.63) is 99.6 Å². The maximum Gasteiger partial charge on any atom is 0.269 e. The molecule has 7 heteroatoms. The first kappa shape index (κ1) is 19.4. The van der Waals surface area contributed by atoms with Crippen molar-refractivity contribution in [2.24, 2.45) is 0 Å². The minimum absolute atomic E-state index is 0.0286. The highest BCUT2D eigenvalue weighted by Crippen LogP contribution is 2.48. The number of fused-ring (bicyclic) bond motifs is 3. The second kappa shape index (κ2) is 7.41. The number of furan rings is 1. The number of carbonyl (C=O) groups excluding carboxylic acids is 1. The molecule has 1 aliphatic carbocycles. The van der Waals surface area contributed by atoms with Gasteiger partial charge in [-0.3, -0.25) is 19.9 Å². The molecule has 6 rings (SSSR count). The van der Waals surface area contributed by atoms with E-state index < -0.39 is 4.92 Å². The number of carbonyl (C=O) groups is 1. The number of nitro groups is 1. The third kappa shape index (κ3) is 3.12. The molecule has 7 nitrogen and oxygen atoms in total. The molecule has 0 saturated carbocycles. The Morgan fingerprint density at radius 3 is 2.70 bits per heavy atom. The zero-order valence-corrected chi connectivity index (χ0v) is 17.6. The monoisotopic (exact) mass is 437 g/mol. The van der Waals surface area contributed by atoms with Crippen LogP contribution in [0.3, 0.4) is 0 Å². The highest BCUT2D eigenvalue weighted by atomic mass is 16.6. The molecule has 2 aromatic carbocycles. The number of nitro benzene ring substituents is 1. The van der Waals surface area contributed by atoms with Crippen LogP contribution in [0.4, 0.5) is 11.4 Å². The van der Waals surface area contributed by atoms with Crippen LogP contribution in [0.25, 0.3) is 22.2 Å². The number of benzene rings is 2. The molecule has 1 atom stereocenters. The van der Waals surface area contributed by atoms with E-state index in [1.54, 1.807) is 18.3 Å². The van der Waals surface area contributed by atoms with Crippen LogP contribution in [0.1, 0.15) is 36.5 Å². The van der Waals surface area contributed by atoms with Gasteiger partial charge in [-0.2, -0.15) is 0 Å². The van der Waals surface area contributed by atoms with Gasteiger partial charge in [0.2, 0.25) is 0 Å². The number of ketones is 1. The van der Waals surface area contributed by atoms with Crippen molar-refractivity contribution >= 4 is 28.1 Å². The van der Waals surface area contributed by atoms with Crippen LogP contribution in [-0.2, 0) is 4.79 Å². The molecule has 4 aromatic rings. The fourth-order valence-electron chi connectivity index (χ4n) is 4.89. The van der Waals surface area contributed by atoms with Crippen molar-refractivity contribution in [1.29, 1.82) is 0 Å². The number of anilines is 1. The first-order chi connectivity index (χ1) is 16.1. The summed E-state index contributed by atoms with van der Waals surface area (Å²) in [7, 11) is 0. The zero-order chi connectivity index (χ0) is 22.5. The van der Waals surface area contributed by atoms with E-state index in [-0.39, 0.29) is 17.4 Å². The normalized spacial score (nSPS) is 17.5. The topological polar surface area (TPSA) is 98.3 Å². The Labute approximate surface area is 188 Å².